The maximum atomic E-state index is 12.4. The fraction of sp³-hybridized carbons (Fsp3) is 0.902. The fourth-order valence-corrected chi connectivity index (χ4v) is 5.62. The van der Waals surface area contributed by atoms with Gasteiger partial charge < -0.3 is 28.8 Å². The Hall–Kier alpha value is -2.00. The van der Waals surface area contributed by atoms with Crippen molar-refractivity contribution in [1.29, 1.82) is 0 Å². The van der Waals surface area contributed by atoms with E-state index in [9.17, 15) is 19.2 Å². The van der Waals surface area contributed by atoms with E-state index < -0.39 is 0 Å². The molecule has 0 N–H and O–H groups in total. The third kappa shape index (κ3) is 40.4. The molecule has 0 aromatic rings. The number of rotatable bonds is 36. The predicted molar refractivity (Wildman–Crippen MR) is 206 cm³/mol. The average Bonchev–Trinajstić information content (AvgIpc) is 3.09. The number of esters is 2. The molecule has 0 atom stereocenters. The van der Waals surface area contributed by atoms with Crippen LogP contribution in [0.3, 0.4) is 0 Å². The number of aldehydes is 1. The Morgan fingerprint density at radius 3 is 1.20 bits per heavy atom. The molecule has 0 unspecified atom stereocenters. The van der Waals surface area contributed by atoms with Gasteiger partial charge in [-0.25, -0.2) is 0 Å². The smallest absolute Gasteiger partial charge is 0.305 e. The van der Waals surface area contributed by atoms with E-state index in [0.29, 0.717) is 19.3 Å². The molecule has 0 aromatic heterocycles. The zero-order chi connectivity index (χ0) is 37.3. The SMILES string of the molecule is CCCCCCCCCCCCCC(=O)OCCN(CCOC(=O)CCCCCCCCCCCCC)C(=O)COC.CN(C)CCCC=O. The molecule has 0 heterocycles. The Labute approximate surface area is 308 Å². The van der Waals surface area contributed by atoms with Crippen molar-refractivity contribution in [3.05, 3.63) is 0 Å². The molecule has 0 aliphatic carbocycles. The summed E-state index contributed by atoms with van der Waals surface area (Å²) in [6.07, 6.45) is 30.7. The zero-order valence-electron chi connectivity index (χ0n) is 33.5. The van der Waals surface area contributed by atoms with Crippen LogP contribution in [0.1, 0.15) is 181 Å². The summed E-state index contributed by atoms with van der Waals surface area (Å²) >= 11 is 0. The summed E-state index contributed by atoms with van der Waals surface area (Å²) in [6, 6.07) is 0. The van der Waals surface area contributed by atoms with Crippen molar-refractivity contribution in [2.24, 2.45) is 0 Å². The van der Waals surface area contributed by atoms with Crippen molar-refractivity contribution < 1.29 is 33.4 Å². The first-order chi connectivity index (χ1) is 24.3. The predicted octanol–water partition coefficient (Wildman–Crippen LogP) is 9.48. The molecule has 0 aliphatic heterocycles. The van der Waals surface area contributed by atoms with Crippen molar-refractivity contribution in [2.75, 3.05) is 60.7 Å². The lowest BCUT2D eigenvalue weighted by molar-refractivity contribution is -0.148. The first-order valence-corrected chi connectivity index (χ1v) is 20.5. The van der Waals surface area contributed by atoms with Crippen LogP contribution in [-0.4, -0.2) is 94.6 Å². The van der Waals surface area contributed by atoms with E-state index in [2.05, 4.69) is 18.7 Å². The molecule has 0 spiro atoms. The highest BCUT2D eigenvalue weighted by Gasteiger charge is 2.15. The monoisotopic (exact) mass is 713 g/mol. The highest BCUT2D eigenvalue weighted by atomic mass is 16.5. The van der Waals surface area contributed by atoms with Gasteiger partial charge in [-0.15, -0.1) is 0 Å². The van der Waals surface area contributed by atoms with Crippen LogP contribution in [0, 0.1) is 0 Å². The highest BCUT2D eigenvalue weighted by molar-refractivity contribution is 5.77. The van der Waals surface area contributed by atoms with Crippen LogP contribution in [0.15, 0.2) is 0 Å². The van der Waals surface area contributed by atoms with Crippen molar-refractivity contribution in [3.63, 3.8) is 0 Å². The lowest BCUT2D eigenvalue weighted by atomic mass is 10.1. The Kier molecular flexibility index (Phi) is 41.5. The molecule has 9 heteroatoms. The molecule has 0 saturated heterocycles. The van der Waals surface area contributed by atoms with E-state index in [4.69, 9.17) is 14.2 Å². The number of carbonyl (C=O) groups is 4. The quantitative estimate of drug-likeness (QED) is 0.0360. The third-order valence-electron chi connectivity index (χ3n) is 8.77. The Bertz CT molecular complexity index is 719. The first-order valence-electron chi connectivity index (χ1n) is 20.5. The molecule has 296 valence electrons. The second-order valence-corrected chi connectivity index (χ2v) is 13.9. The van der Waals surface area contributed by atoms with E-state index in [1.165, 1.54) is 128 Å². The molecule has 0 saturated carbocycles. The molecule has 0 aliphatic rings. The van der Waals surface area contributed by atoms with Crippen LogP contribution in [-0.2, 0) is 33.4 Å². The van der Waals surface area contributed by atoms with Gasteiger partial charge in [-0.2, -0.15) is 0 Å². The molecular formula is C41H80N2O7. The number of ether oxygens (including phenoxy) is 3. The van der Waals surface area contributed by atoms with Crippen LogP contribution in [0.4, 0.5) is 0 Å². The van der Waals surface area contributed by atoms with Gasteiger partial charge in [0.05, 0.1) is 13.1 Å². The minimum Gasteiger partial charge on any atom is -0.464 e. The number of nitrogens with zero attached hydrogens (tertiary/aromatic N) is 2. The van der Waals surface area contributed by atoms with Gasteiger partial charge in [-0.05, 0) is 39.9 Å². The molecule has 50 heavy (non-hydrogen) atoms. The van der Waals surface area contributed by atoms with Crippen LogP contribution in [0.2, 0.25) is 0 Å². The van der Waals surface area contributed by atoms with Crippen molar-refractivity contribution in [2.45, 2.75) is 181 Å². The van der Waals surface area contributed by atoms with Gasteiger partial charge in [0.1, 0.15) is 26.1 Å². The van der Waals surface area contributed by atoms with Gasteiger partial charge in [0.15, 0.2) is 0 Å². The Morgan fingerprint density at radius 2 is 0.880 bits per heavy atom. The number of hydrogen-bond acceptors (Lipinski definition) is 8. The van der Waals surface area contributed by atoms with Gasteiger partial charge in [0, 0.05) is 26.4 Å². The number of carbonyl (C=O) groups excluding carboxylic acids is 4. The van der Waals surface area contributed by atoms with Crippen molar-refractivity contribution in [1.82, 2.24) is 9.80 Å². The van der Waals surface area contributed by atoms with E-state index in [1.54, 1.807) is 0 Å². The second-order valence-electron chi connectivity index (χ2n) is 13.9. The standard InChI is InChI=1S/C35H67NO6.C6H13NO/c1-4-6-8-10-12-14-16-18-20-22-24-26-34(38)41-30-28-36(33(37)32-40-3)29-31-42-35(39)27-25-23-21-19-17-15-13-11-9-7-5-2;1-7(2)5-3-4-6-8/h4-32H2,1-3H3;6H,3-5H2,1-2H3. The largest absolute Gasteiger partial charge is 0.464 e. The summed E-state index contributed by atoms with van der Waals surface area (Å²) in [5, 5.41) is 0. The fourth-order valence-electron chi connectivity index (χ4n) is 5.62. The lowest BCUT2D eigenvalue weighted by Crippen LogP contribution is -2.39. The van der Waals surface area contributed by atoms with Gasteiger partial charge in [-0.3, -0.25) is 14.4 Å². The second kappa shape index (κ2) is 41.4. The van der Waals surface area contributed by atoms with Gasteiger partial charge >= 0.3 is 11.9 Å². The molecule has 0 aromatic carbocycles. The lowest BCUT2D eigenvalue weighted by Gasteiger charge is -2.22. The van der Waals surface area contributed by atoms with E-state index in [0.717, 1.165) is 44.9 Å². The van der Waals surface area contributed by atoms with Crippen LogP contribution < -0.4 is 0 Å². The van der Waals surface area contributed by atoms with Gasteiger partial charge in [-0.1, -0.05) is 142 Å². The normalized spacial score (nSPS) is 10.8. The minimum atomic E-state index is -0.219. The Balaban J connectivity index is 0. The summed E-state index contributed by atoms with van der Waals surface area (Å²) in [4.78, 5) is 50.0. The summed E-state index contributed by atoms with van der Waals surface area (Å²) < 4.78 is 15.7. The summed E-state index contributed by atoms with van der Waals surface area (Å²) in [7, 11) is 5.48. The van der Waals surface area contributed by atoms with Crippen LogP contribution >= 0.6 is 0 Å². The van der Waals surface area contributed by atoms with Crippen LogP contribution in [0.25, 0.3) is 0 Å². The molecule has 1 amide bonds. The van der Waals surface area contributed by atoms with E-state index in [-0.39, 0.29) is 50.8 Å². The summed E-state index contributed by atoms with van der Waals surface area (Å²) in [5.74, 6) is -0.646. The molecule has 0 radical (unpaired) electrons. The number of methoxy groups -OCH3 is 1. The van der Waals surface area contributed by atoms with Crippen LogP contribution in [0.5, 0.6) is 0 Å². The van der Waals surface area contributed by atoms with E-state index in [1.807, 2.05) is 14.1 Å². The molecule has 9 nitrogen and oxygen atoms in total. The maximum absolute atomic E-state index is 12.4. The molecule has 0 bridgehead atoms. The maximum Gasteiger partial charge on any atom is 0.305 e. The third-order valence-corrected chi connectivity index (χ3v) is 8.77. The average molecular weight is 713 g/mol. The van der Waals surface area contributed by atoms with Gasteiger partial charge in [0.2, 0.25) is 5.91 Å². The number of amides is 1. The summed E-state index contributed by atoms with van der Waals surface area (Å²) in [6.45, 7) is 6.26. The zero-order valence-corrected chi connectivity index (χ0v) is 33.5. The van der Waals surface area contributed by atoms with E-state index >= 15 is 0 Å². The number of hydrogen-bond donors (Lipinski definition) is 0. The molecule has 0 fully saturated rings. The topological polar surface area (TPSA) is 102 Å². The van der Waals surface area contributed by atoms with Crippen molar-refractivity contribution >= 4 is 24.1 Å². The molecule has 0 rings (SSSR count). The Morgan fingerprint density at radius 1 is 0.520 bits per heavy atom. The summed E-state index contributed by atoms with van der Waals surface area (Å²) in [5.41, 5.74) is 0. The van der Waals surface area contributed by atoms with Gasteiger partial charge in [0.25, 0.3) is 0 Å². The molecular weight excluding hydrogens is 632 g/mol. The minimum absolute atomic E-state index is 0.0562. The van der Waals surface area contributed by atoms with Crippen molar-refractivity contribution in [3.8, 4) is 0 Å². The first kappa shape index (κ1) is 50.1. The number of unbranched alkanes of at least 4 members (excludes halogenated alkanes) is 21. The highest BCUT2D eigenvalue weighted by Crippen LogP contribution is 2.13.